The van der Waals surface area contributed by atoms with Crippen LogP contribution in [0.25, 0.3) is 0 Å². The number of aliphatic hydroxyl groups excluding tert-OH is 1. The van der Waals surface area contributed by atoms with Crippen molar-refractivity contribution in [3.8, 4) is 11.5 Å². The molecule has 104 valence electrons. The molecule has 0 aromatic heterocycles. The number of aliphatic hydroxyl groups is 1. The van der Waals surface area contributed by atoms with Crippen LogP contribution in [0.1, 0.15) is 11.1 Å². The summed E-state index contributed by atoms with van der Waals surface area (Å²) in [5.74, 6) is 1.47. The van der Waals surface area contributed by atoms with E-state index in [0.717, 1.165) is 27.1 Å². The van der Waals surface area contributed by atoms with Crippen LogP contribution in [0.2, 0.25) is 0 Å². The number of hydrogen-bond donors (Lipinski definition) is 1. The van der Waals surface area contributed by atoms with E-state index in [-0.39, 0.29) is 12.7 Å². The molecule has 1 aliphatic rings. The van der Waals surface area contributed by atoms with Crippen LogP contribution in [0.4, 0.5) is 0 Å². The molecule has 1 heterocycles. The first kappa shape index (κ1) is 13.5. The molecule has 2 aromatic rings. The maximum atomic E-state index is 9.25. The summed E-state index contributed by atoms with van der Waals surface area (Å²) in [5.41, 5.74) is 2.18. The third-order valence-corrected chi connectivity index (χ3v) is 4.07. The summed E-state index contributed by atoms with van der Waals surface area (Å²) >= 11 is 3.52. The van der Waals surface area contributed by atoms with Gasteiger partial charge in [-0.05, 0) is 17.7 Å². The first-order chi connectivity index (χ1) is 9.78. The zero-order valence-corrected chi connectivity index (χ0v) is 12.5. The fourth-order valence-electron chi connectivity index (χ4n) is 2.29. The van der Waals surface area contributed by atoms with Crippen molar-refractivity contribution >= 4 is 15.9 Å². The van der Waals surface area contributed by atoms with Crippen molar-refractivity contribution in [2.45, 2.75) is 19.1 Å². The third-order valence-electron chi connectivity index (χ3n) is 3.32. The minimum Gasteiger partial charge on any atom is -0.485 e. The van der Waals surface area contributed by atoms with E-state index in [2.05, 4.69) is 15.9 Å². The predicted molar refractivity (Wildman–Crippen MR) is 80.1 cm³/mol. The Morgan fingerprint density at radius 3 is 2.75 bits per heavy atom. The van der Waals surface area contributed by atoms with Crippen LogP contribution in [-0.4, -0.2) is 17.8 Å². The molecule has 1 atom stereocenters. The molecule has 0 radical (unpaired) electrons. The van der Waals surface area contributed by atoms with Crippen LogP contribution in [0.15, 0.2) is 46.9 Å². The molecule has 0 aliphatic carbocycles. The van der Waals surface area contributed by atoms with E-state index in [0.29, 0.717) is 13.0 Å². The van der Waals surface area contributed by atoms with Crippen LogP contribution >= 0.6 is 15.9 Å². The average molecular weight is 335 g/mol. The Morgan fingerprint density at radius 1 is 1.20 bits per heavy atom. The van der Waals surface area contributed by atoms with Gasteiger partial charge in [-0.1, -0.05) is 46.3 Å². The number of halogens is 1. The molecule has 3 nitrogen and oxygen atoms in total. The molecule has 20 heavy (non-hydrogen) atoms. The highest BCUT2D eigenvalue weighted by Crippen LogP contribution is 2.42. The van der Waals surface area contributed by atoms with Crippen molar-refractivity contribution in [3.05, 3.63) is 58.1 Å². The first-order valence-corrected chi connectivity index (χ1v) is 7.33. The Kier molecular flexibility index (Phi) is 3.94. The second-order valence-corrected chi connectivity index (χ2v) is 5.61. The van der Waals surface area contributed by atoms with Crippen LogP contribution in [0, 0.1) is 0 Å². The van der Waals surface area contributed by atoms with Crippen molar-refractivity contribution in [2.75, 3.05) is 6.61 Å². The van der Waals surface area contributed by atoms with E-state index in [9.17, 15) is 5.11 Å². The zero-order valence-electron chi connectivity index (χ0n) is 10.9. The Labute approximate surface area is 126 Å². The first-order valence-electron chi connectivity index (χ1n) is 6.53. The summed E-state index contributed by atoms with van der Waals surface area (Å²) in [7, 11) is 0. The maximum absolute atomic E-state index is 9.25. The van der Waals surface area contributed by atoms with Gasteiger partial charge in [0.15, 0.2) is 11.5 Å². The van der Waals surface area contributed by atoms with Crippen molar-refractivity contribution in [1.82, 2.24) is 0 Å². The van der Waals surface area contributed by atoms with Gasteiger partial charge in [0.1, 0.15) is 12.7 Å². The Balaban J connectivity index is 1.80. The summed E-state index contributed by atoms with van der Waals surface area (Å²) in [5, 5.41) is 9.25. The average Bonchev–Trinajstić information content (AvgIpc) is 2.93. The molecule has 1 unspecified atom stereocenters. The largest absolute Gasteiger partial charge is 0.485 e. The summed E-state index contributed by atoms with van der Waals surface area (Å²) < 4.78 is 12.6. The Bertz CT molecular complexity index is 598. The Hall–Kier alpha value is -1.52. The lowest BCUT2D eigenvalue weighted by molar-refractivity contribution is 0.130. The van der Waals surface area contributed by atoms with Gasteiger partial charge in [0.2, 0.25) is 0 Å². The van der Waals surface area contributed by atoms with Gasteiger partial charge in [-0.15, -0.1) is 0 Å². The number of fused-ring (bicyclic) bond motifs is 1. The van der Waals surface area contributed by atoms with Gasteiger partial charge in [0.25, 0.3) is 0 Å². The van der Waals surface area contributed by atoms with Gasteiger partial charge in [0.05, 0.1) is 6.61 Å². The van der Waals surface area contributed by atoms with Gasteiger partial charge in [-0.2, -0.15) is 0 Å². The van der Waals surface area contributed by atoms with Crippen molar-refractivity contribution in [2.24, 2.45) is 0 Å². The molecule has 0 amide bonds. The molecule has 0 saturated carbocycles. The minimum absolute atomic E-state index is 0.0131. The van der Waals surface area contributed by atoms with Crippen molar-refractivity contribution in [1.29, 1.82) is 0 Å². The molecule has 0 fully saturated rings. The number of ether oxygens (including phenoxy) is 2. The van der Waals surface area contributed by atoms with Gasteiger partial charge in [-0.3, -0.25) is 0 Å². The lowest BCUT2D eigenvalue weighted by Gasteiger charge is -2.12. The fraction of sp³-hybridized carbons (Fsp3) is 0.250. The highest BCUT2D eigenvalue weighted by Gasteiger charge is 2.27. The topological polar surface area (TPSA) is 38.7 Å². The summed E-state index contributed by atoms with van der Waals surface area (Å²) in [6, 6.07) is 13.9. The van der Waals surface area contributed by atoms with E-state index in [1.165, 1.54) is 0 Å². The predicted octanol–water partition coefficient (Wildman–Crippen LogP) is 3.32. The molecule has 3 rings (SSSR count). The molecule has 0 saturated heterocycles. The van der Waals surface area contributed by atoms with E-state index in [1.807, 2.05) is 42.5 Å². The molecule has 0 spiro atoms. The van der Waals surface area contributed by atoms with Crippen LogP contribution in [0.3, 0.4) is 0 Å². The monoisotopic (exact) mass is 334 g/mol. The van der Waals surface area contributed by atoms with E-state index in [4.69, 9.17) is 9.47 Å². The number of hydrogen-bond acceptors (Lipinski definition) is 3. The summed E-state index contributed by atoms with van der Waals surface area (Å²) in [6.07, 6.45) is 0.525. The SMILES string of the molecule is OCC1Cc2c(Br)ccc(OCc3ccccc3)c2O1. The van der Waals surface area contributed by atoms with Gasteiger partial charge >= 0.3 is 0 Å². The highest BCUT2D eigenvalue weighted by molar-refractivity contribution is 9.10. The van der Waals surface area contributed by atoms with Crippen LogP contribution < -0.4 is 9.47 Å². The normalized spacial score (nSPS) is 16.6. The van der Waals surface area contributed by atoms with Crippen molar-refractivity contribution in [3.63, 3.8) is 0 Å². The van der Waals surface area contributed by atoms with Crippen molar-refractivity contribution < 1.29 is 14.6 Å². The Morgan fingerprint density at radius 2 is 2.00 bits per heavy atom. The number of benzene rings is 2. The molecule has 1 N–H and O–H groups in total. The fourth-order valence-corrected chi connectivity index (χ4v) is 2.76. The quantitative estimate of drug-likeness (QED) is 0.932. The summed E-state index contributed by atoms with van der Waals surface area (Å²) in [4.78, 5) is 0. The molecular formula is C16H15BrO3. The van der Waals surface area contributed by atoms with E-state index >= 15 is 0 Å². The number of rotatable bonds is 4. The zero-order chi connectivity index (χ0) is 13.9. The lowest BCUT2D eigenvalue weighted by Crippen LogP contribution is -2.17. The summed E-state index contributed by atoms with van der Waals surface area (Å²) in [6.45, 7) is 0.515. The van der Waals surface area contributed by atoms with Gasteiger partial charge in [0, 0.05) is 16.5 Å². The molecule has 1 aliphatic heterocycles. The second kappa shape index (κ2) is 5.85. The third kappa shape index (κ3) is 2.67. The molecule has 2 aromatic carbocycles. The van der Waals surface area contributed by atoms with Gasteiger partial charge in [-0.25, -0.2) is 0 Å². The maximum Gasteiger partial charge on any atom is 0.166 e. The van der Waals surface area contributed by atoms with Crippen LogP contribution in [-0.2, 0) is 13.0 Å². The molecule has 4 heteroatoms. The lowest BCUT2D eigenvalue weighted by atomic mass is 10.1. The minimum atomic E-state index is -0.178. The second-order valence-electron chi connectivity index (χ2n) is 4.75. The standard InChI is InChI=1S/C16H15BrO3/c17-14-6-7-15(16-13(14)8-12(9-18)20-16)19-10-11-4-2-1-3-5-11/h1-7,12,18H,8-10H2. The van der Waals surface area contributed by atoms with E-state index in [1.54, 1.807) is 0 Å². The highest BCUT2D eigenvalue weighted by atomic mass is 79.9. The molecule has 0 bridgehead atoms. The molecular weight excluding hydrogens is 320 g/mol. The van der Waals surface area contributed by atoms with Gasteiger partial charge < -0.3 is 14.6 Å². The van der Waals surface area contributed by atoms with Crippen LogP contribution in [0.5, 0.6) is 11.5 Å². The smallest absolute Gasteiger partial charge is 0.166 e. The van der Waals surface area contributed by atoms with E-state index < -0.39 is 0 Å².